The van der Waals surface area contributed by atoms with Crippen LogP contribution in [0.5, 0.6) is 0 Å². The van der Waals surface area contributed by atoms with E-state index in [1.165, 1.54) is 6.08 Å². The number of nitrogens with zero attached hydrogens (tertiary/aromatic N) is 3. The predicted octanol–water partition coefficient (Wildman–Crippen LogP) is 9.75. The van der Waals surface area contributed by atoms with Crippen LogP contribution < -0.4 is 4.90 Å². The molecule has 4 aromatic carbocycles. The predicted molar refractivity (Wildman–Crippen MR) is 171 cm³/mol. The van der Waals surface area contributed by atoms with E-state index in [-0.39, 0.29) is 5.15 Å². The van der Waals surface area contributed by atoms with E-state index in [9.17, 15) is 4.79 Å². The number of carboxylic acid groups (broad SMARTS) is 1. The van der Waals surface area contributed by atoms with Gasteiger partial charge in [-0.05, 0) is 77.9 Å². The maximum atomic E-state index is 11.2. The molecule has 2 heterocycles. The summed E-state index contributed by atoms with van der Waals surface area (Å²) in [7, 11) is 0. The average molecular weight is 584 g/mol. The van der Waals surface area contributed by atoms with Gasteiger partial charge in [0.15, 0.2) is 0 Å². The van der Waals surface area contributed by atoms with Crippen molar-refractivity contribution >= 4 is 62.9 Å². The third-order valence-corrected chi connectivity index (χ3v) is 8.26. The third-order valence-electron chi connectivity index (χ3n) is 6.78. The number of aliphatic carboxylic acids is 1. The zero-order valence-electron chi connectivity index (χ0n) is 22.1. The molecule has 0 saturated heterocycles. The highest BCUT2D eigenvalue weighted by atomic mass is 35.5. The Labute approximate surface area is 251 Å². The molecule has 42 heavy (non-hydrogen) atoms. The lowest BCUT2D eigenvalue weighted by molar-refractivity contribution is -0.132. The van der Waals surface area contributed by atoms with Crippen molar-refractivity contribution in [1.82, 2.24) is 4.98 Å². The first-order valence-electron chi connectivity index (χ1n) is 13.1. The van der Waals surface area contributed by atoms with Crippen LogP contribution in [-0.4, -0.2) is 16.1 Å². The van der Waals surface area contributed by atoms with Crippen LogP contribution in [0, 0.1) is 11.3 Å². The van der Waals surface area contributed by atoms with Crippen LogP contribution in [0.25, 0.3) is 37.9 Å². The standard InChI is InChI=1S/C35H22ClN3O2S/c36-34-26(20-27(22-37)35(40)41)19-24-11-12-25(21-31(24)38-34)33-18-17-32(42-33)23-13-15-30(16-14-23)39(28-7-3-1-4-8-28)29-9-5-2-6-10-29/h1-21H,(H,40,41)/b27-20+. The highest BCUT2D eigenvalue weighted by Gasteiger charge is 2.14. The van der Waals surface area contributed by atoms with E-state index in [0.717, 1.165) is 43.3 Å². The van der Waals surface area contributed by atoms with Crippen LogP contribution in [-0.2, 0) is 4.79 Å². The molecule has 0 radical (unpaired) electrons. The van der Waals surface area contributed by atoms with E-state index >= 15 is 0 Å². The minimum atomic E-state index is -1.31. The molecule has 0 saturated carbocycles. The number of pyridine rings is 1. The molecule has 0 atom stereocenters. The van der Waals surface area contributed by atoms with Crippen molar-refractivity contribution in [3.05, 3.63) is 138 Å². The fourth-order valence-corrected chi connectivity index (χ4v) is 5.94. The molecule has 0 aliphatic heterocycles. The van der Waals surface area contributed by atoms with Crippen molar-refractivity contribution in [3.63, 3.8) is 0 Å². The summed E-state index contributed by atoms with van der Waals surface area (Å²) in [6.07, 6.45) is 1.24. The largest absolute Gasteiger partial charge is 0.477 e. The Balaban J connectivity index is 1.28. The monoisotopic (exact) mass is 583 g/mol. The summed E-state index contributed by atoms with van der Waals surface area (Å²) in [6, 6.07) is 42.7. The lowest BCUT2D eigenvalue weighted by atomic mass is 10.1. The lowest BCUT2D eigenvalue weighted by Crippen LogP contribution is -2.09. The Hall–Kier alpha value is -5.22. The van der Waals surface area contributed by atoms with Crippen molar-refractivity contribution < 1.29 is 9.90 Å². The van der Waals surface area contributed by atoms with Crippen molar-refractivity contribution in [3.8, 4) is 27.0 Å². The number of carboxylic acids is 1. The summed E-state index contributed by atoms with van der Waals surface area (Å²) < 4.78 is 0. The molecule has 5 nitrogen and oxygen atoms in total. The van der Waals surface area contributed by atoms with Gasteiger partial charge < -0.3 is 10.0 Å². The number of thiophene rings is 1. The molecule has 0 fully saturated rings. The van der Waals surface area contributed by atoms with Crippen molar-refractivity contribution in [1.29, 1.82) is 5.26 Å². The van der Waals surface area contributed by atoms with E-state index in [2.05, 4.69) is 70.5 Å². The molecular formula is C35H22ClN3O2S. The number of para-hydroxylation sites is 2. The van der Waals surface area contributed by atoms with Crippen LogP contribution in [0.2, 0.25) is 5.15 Å². The van der Waals surface area contributed by atoms with Gasteiger partial charge in [0.05, 0.1) is 5.52 Å². The van der Waals surface area contributed by atoms with Gasteiger partial charge in [-0.1, -0.05) is 72.3 Å². The van der Waals surface area contributed by atoms with Crippen LogP contribution in [0.1, 0.15) is 5.56 Å². The molecule has 0 unspecified atom stereocenters. The van der Waals surface area contributed by atoms with E-state index < -0.39 is 11.5 Å². The molecule has 6 rings (SSSR count). The number of anilines is 3. The number of benzene rings is 4. The minimum Gasteiger partial charge on any atom is -0.477 e. The van der Waals surface area contributed by atoms with Gasteiger partial charge in [0.2, 0.25) is 0 Å². The number of rotatable bonds is 7. The molecule has 1 N–H and O–H groups in total. The Morgan fingerprint density at radius 1 is 0.786 bits per heavy atom. The van der Waals surface area contributed by atoms with Gasteiger partial charge in [-0.25, -0.2) is 9.78 Å². The smallest absolute Gasteiger partial charge is 0.346 e. The molecule has 0 bridgehead atoms. The number of nitriles is 1. The van der Waals surface area contributed by atoms with Crippen molar-refractivity contribution in [2.45, 2.75) is 0 Å². The van der Waals surface area contributed by atoms with Gasteiger partial charge in [-0.3, -0.25) is 0 Å². The van der Waals surface area contributed by atoms with Gasteiger partial charge in [0.1, 0.15) is 16.8 Å². The molecule has 2 aromatic heterocycles. The van der Waals surface area contributed by atoms with Gasteiger partial charge in [-0.2, -0.15) is 5.26 Å². The molecular weight excluding hydrogens is 562 g/mol. The maximum Gasteiger partial charge on any atom is 0.346 e. The van der Waals surface area contributed by atoms with Crippen LogP contribution in [0.3, 0.4) is 0 Å². The van der Waals surface area contributed by atoms with Gasteiger partial charge >= 0.3 is 5.97 Å². The molecule has 0 aliphatic carbocycles. The molecule has 202 valence electrons. The van der Waals surface area contributed by atoms with E-state index in [0.29, 0.717) is 11.1 Å². The quantitative estimate of drug-likeness (QED) is 0.115. The van der Waals surface area contributed by atoms with Gasteiger partial charge in [0, 0.05) is 37.8 Å². The topological polar surface area (TPSA) is 77.2 Å². The number of fused-ring (bicyclic) bond motifs is 1. The fraction of sp³-hybridized carbons (Fsp3) is 0. The molecule has 0 spiro atoms. The number of hydrogen-bond donors (Lipinski definition) is 1. The van der Waals surface area contributed by atoms with Crippen molar-refractivity contribution in [2.24, 2.45) is 0 Å². The van der Waals surface area contributed by atoms with Crippen molar-refractivity contribution in [2.75, 3.05) is 4.90 Å². The van der Waals surface area contributed by atoms with Crippen LogP contribution in [0.4, 0.5) is 17.1 Å². The normalized spacial score (nSPS) is 11.3. The van der Waals surface area contributed by atoms with Crippen LogP contribution in [0.15, 0.2) is 127 Å². The highest BCUT2D eigenvalue weighted by molar-refractivity contribution is 7.18. The first kappa shape index (κ1) is 27.0. The first-order valence-corrected chi connectivity index (χ1v) is 14.3. The second-order valence-corrected chi connectivity index (χ2v) is 10.9. The summed E-state index contributed by atoms with van der Waals surface area (Å²) >= 11 is 8.04. The second-order valence-electron chi connectivity index (χ2n) is 9.47. The second kappa shape index (κ2) is 11.7. The van der Waals surface area contributed by atoms with E-state index in [1.807, 2.05) is 54.6 Å². The summed E-state index contributed by atoms with van der Waals surface area (Å²) in [6.45, 7) is 0. The molecule has 0 amide bonds. The zero-order chi connectivity index (χ0) is 29.1. The lowest BCUT2D eigenvalue weighted by Gasteiger charge is -2.25. The van der Waals surface area contributed by atoms with E-state index in [4.69, 9.17) is 22.0 Å². The number of carbonyl (C=O) groups is 1. The minimum absolute atomic E-state index is 0.139. The maximum absolute atomic E-state index is 11.2. The Kier molecular flexibility index (Phi) is 7.52. The Morgan fingerprint density at radius 3 is 1.95 bits per heavy atom. The molecule has 7 heteroatoms. The number of aromatic nitrogens is 1. The van der Waals surface area contributed by atoms with E-state index in [1.54, 1.807) is 23.5 Å². The summed E-state index contributed by atoms with van der Waals surface area (Å²) in [5.74, 6) is -1.31. The average Bonchev–Trinajstić information content (AvgIpc) is 3.52. The van der Waals surface area contributed by atoms with Crippen LogP contribution >= 0.6 is 22.9 Å². The Morgan fingerprint density at radius 2 is 1.36 bits per heavy atom. The molecule has 6 aromatic rings. The zero-order valence-corrected chi connectivity index (χ0v) is 23.7. The summed E-state index contributed by atoms with van der Waals surface area (Å²) in [5, 5.41) is 19.2. The summed E-state index contributed by atoms with van der Waals surface area (Å²) in [5.41, 5.74) is 6.06. The van der Waals surface area contributed by atoms with Gasteiger partial charge in [-0.15, -0.1) is 11.3 Å². The number of hydrogen-bond acceptors (Lipinski definition) is 5. The SMILES string of the molecule is N#C/C(=C\c1cc2ccc(-c3ccc(-c4ccc(N(c5ccccc5)c5ccccc5)cc4)s3)cc2nc1Cl)C(=O)O. The molecule has 0 aliphatic rings. The highest BCUT2D eigenvalue weighted by Crippen LogP contribution is 2.39. The number of halogens is 1. The third kappa shape index (κ3) is 5.52. The first-order chi connectivity index (χ1) is 20.5. The van der Waals surface area contributed by atoms with Gasteiger partial charge in [0.25, 0.3) is 0 Å². The summed E-state index contributed by atoms with van der Waals surface area (Å²) in [4.78, 5) is 20.2. The Bertz CT molecular complexity index is 1940. The fourth-order valence-electron chi connectivity index (χ4n) is 4.74.